The third-order valence-corrected chi connectivity index (χ3v) is 2.72. The molecule has 1 N–H and O–H groups in total. The van der Waals surface area contributed by atoms with E-state index in [-0.39, 0.29) is 12.9 Å². The van der Waals surface area contributed by atoms with Crippen molar-refractivity contribution >= 4 is 16.9 Å². The number of rotatable bonds is 2. The number of hydrogen-bond acceptors (Lipinski definition) is 4. The standard InChI is InChI=1S/C14H12N4O/c19-10-18-13(17-11-4-2-1-3-5-11)7-6-12-14(18)16-9-8-15-12/h1-9,19H,10H2/b17-13+/i9D. The van der Waals surface area contributed by atoms with Crippen molar-refractivity contribution in [3.8, 4) is 0 Å². The van der Waals surface area contributed by atoms with Gasteiger partial charge < -0.3 is 5.11 Å². The quantitative estimate of drug-likeness (QED) is 0.754. The molecule has 2 aromatic heterocycles. The first kappa shape index (κ1) is 10.4. The first-order valence-corrected chi connectivity index (χ1v) is 5.82. The van der Waals surface area contributed by atoms with Crippen LogP contribution in [0.4, 0.5) is 5.69 Å². The topological polar surface area (TPSA) is 63.3 Å². The molecule has 5 heteroatoms. The van der Waals surface area contributed by atoms with Gasteiger partial charge in [-0.05, 0) is 24.3 Å². The lowest BCUT2D eigenvalue weighted by Crippen LogP contribution is -2.21. The molecule has 0 aliphatic carbocycles. The van der Waals surface area contributed by atoms with Crippen molar-refractivity contribution in [2.24, 2.45) is 4.99 Å². The molecule has 0 aliphatic rings. The summed E-state index contributed by atoms with van der Waals surface area (Å²) in [6.07, 6.45) is 1.43. The minimum atomic E-state index is -0.277. The van der Waals surface area contributed by atoms with Gasteiger partial charge in [0.25, 0.3) is 0 Å². The van der Waals surface area contributed by atoms with Gasteiger partial charge in [0.15, 0.2) is 5.65 Å². The van der Waals surface area contributed by atoms with Gasteiger partial charge in [0.1, 0.15) is 17.7 Å². The van der Waals surface area contributed by atoms with Crippen LogP contribution in [0.15, 0.2) is 59.8 Å². The van der Waals surface area contributed by atoms with Crippen LogP contribution >= 0.6 is 0 Å². The maximum atomic E-state index is 9.56. The highest BCUT2D eigenvalue weighted by Crippen LogP contribution is 2.09. The van der Waals surface area contributed by atoms with Crippen LogP contribution in [-0.2, 0) is 6.73 Å². The number of pyridine rings is 1. The number of aromatic nitrogens is 3. The molecule has 1 aromatic carbocycles. The molecule has 0 atom stereocenters. The Bertz CT molecular complexity index is 814. The van der Waals surface area contributed by atoms with Crippen LogP contribution in [0.5, 0.6) is 0 Å². The summed E-state index contributed by atoms with van der Waals surface area (Å²) in [5, 5.41) is 9.56. The third kappa shape index (κ3) is 2.23. The van der Waals surface area contributed by atoms with Crippen molar-refractivity contribution in [2.75, 3.05) is 0 Å². The van der Waals surface area contributed by atoms with E-state index in [0.717, 1.165) is 5.69 Å². The molecule has 0 saturated heterocycles. The highest BCUT2D eigenvalue weighted by molar-refractivity contribution is 5.69. The number of benzene rings is 1. The van der Waals surface area contributed by atoms with E-state index < -0.39 is 0 Å². The Morgan fingerprint density at radius 3 is 2.79 bits per heavy atom. The predicted molar refractivity (Wildman–Crippen MR) is 71.4 cm³/mol. The van der Waals surface area contributed by atoms with E-state index in [1.807, 2.05) is 30.3 Å². The molecular weight excluding hydrogens is 240 g/mol. The molecule has 0 bridgehead atoms. The van der Waals surface area contributed by atoms with E-state index in [1.165, 1.54) is 10.8 Å². The molecule has 0 aliphatic heterocycles. The Hall–Kier alpha value is -2.53. The van der Waals surface area contributed by atoms with Crippen LogP contribution in [0.25, 0.3) is 11.2 Å². The Morgan fingerprint density at radius 2 is 2.00 bits per heavy atom. The minimum Gasteiger partial charge on any atom is -0.376 e. The van der Waals surface area contributed by atoms with Crippen molar-refractivity contribution in [3.63, 3.8) is 0 Å². The lowest BCUT2D eigenvalue weighted by atomic mass is 10.3. The van der Waals surface area contributed by atoms with Gasteiger partial charge in [-0.1, -0.05) is 18.2 Å². The third-order valence-electron chi connectivity index (χ3n) is 2.72. The zero-order chi connectivity index (χ0) is 13.9. The number of fused-ring (bicyclic) bond motifs is 1. The van der Waals surface area contributed by atoms with Crippen LogP contribution in [0.1, 0.15) is 1.37 Å². The fourth-order valence-corrected chi connectivity index (χ4v) is 1.84. The van der Waals surface area contributed by atoms with Gasteiger partial charge in [0, 0.05) is 12.4 Å². The number of para-hydroxylation sites is 1. The molecule has 0 fully saturated rings. The zero-order valence-electron chi connectivity index (χ0n) is 11.1. The zero-order valence-corrected chi connectivity index (χ0v) is 10.1. The van der Waals surface area contributed by atoms with Crippen LogP contribution < -0.4 is 5.49 Å². The van der Waals surface area contributed by atoms with Crippen molar-refractivity contribution in [1.29, 1.82) is 0 Å². The highest BCUT2D eigenvalue weighted by atomic mass is 16.3. The highest BCUT2D eigenvalue weighted by Gasteiger charge is 2.02. The summed E-state index contributed by atoms with van der Waals surface area (Å²) >= 11 is 0. The van der Waals surface area contributed by atoms with Gasteiger partial charge in [-0.3, -0.25) is 9.55 Å². The predicted octanol–water partition coefficient (Wildman–Crippen LogP) is 1.61. The van der Waals surface area contributed by atoms with Crippen LogP contribution in [-0.4, -0.2) is 19.6 Å². The van der Waals surface area contributed by atoms with Crippen molar-refractivity contribution < 1.29 is 6.48 Å². The van der Waals surface area contributed by atoms with E-state index in [9.17, 15) is 5.11 Å². The van der Waals surface area contributed by atoms with Gasteiger partial charge in [-0.25, -0.2) is 9.98 Å². The summed E-state index contributed by atoms with van der Waals surface area (Å²) in [7, 11) is 0. The van der Waals surface area contributed by atoms with E-state index >= 15 is 0 Å². The number of aliphatic hydroxyl groups is 1. The molecular formula is C14H12N4O. The fraction of sp³-hybridized carbons (Fsp3) is 0.0714. The molecule has 3 aromatic rings. The van der Waals surface area contributed by atoms with Crippen molar-refractivity contribution in [1.82, 2.24) is 14.5 Å². The Kier molecular flexibility index (Phi) is 2.73. The molecule has 0 amide bonds. The van der Waals surface area contributed by atoms with Gasteiger partial charge in [-0.2, -0.15) is 0 Å². The molecule has 0 spiro atoms. The summed E-state index contributed by atoms with van der Waals surface area (Å²) in [6, 6.07) is 13.0. The summed E-state index contributed by atoms with van der Waals surface area (Å²) < 4.78 is 9.06. The van der Waals surface area contributed by atoms with Gasteiger partial charge in [0.2, 0.25) is 0 Å². The Labute approximate surface area is 110 Å². The molecule has 0 radical (unpaired) electrons. The van der Waals surface area contributed by atoms with E-state index in [0.29, 0.717) is 16.7 Å². The molecule has 94 valence electrons. The molecule has 5 nitrogen and oxygen atoms in total. The second-order valence-electron chi connectivity index (χ2n) is 3.92. The van der Waals surface area contributed by atoms with Crippen molar-refractivity contribution in [3.05, 3.63) is 60.3 Å². The van der Waals surface area contributed by atoms with Gasteiger partial charge in [-0.15, -0.1) is 0 Å². The van der Waals surface area contributed by atoms with Gasteiger partial charge >= 0.3 is 0 Å². The number of nitrogens with zero attached hydrogens (tertiary/aromatic N) is 4. The molecule has 0 unspecified atom stereocenters. The first-order valence-electron chi connectivity index (χ1n) is 6.32. The summed E-state index contributed by atoms with van der Waals surface area (Å²) in [4.78, 5) is 12.7. The minimum absolute atomic E-state index is 0.0524. The largest absolute Gasteiger partial charge is 0.376 e. The van der Waals surface area contributed by atoms with Crippen LogP contribution in [0.3, 0.4) is 0 Å². The Balaban J connectivity index is 2.29. The lowest BCUT2D eigenvalue weighted by Gasteiger charge is -2.06. The second-order valence-corrected chi connectivity index (χ2v) is 3.92. The SMILES string of the molecule is [2H]c1cnc2cc/c(=N\c3ccccc3)n(CO)c2n1. The first-order chi connectivity index (χ1) is 9.78. The van der Waals surface area contributed by atoms with E-state index in [2.05, 4.69) is 15.0 Å². The average molecular weight is 253 g/mol. The molecule has 19 heavy (non-hydrogen) atoms. The molecule has 0 saturated carbocycles. The monoisotopic (exact) mass is 253 g/mol. The average Bonchev–Trinajstić information content (AvgIpc) is 2.48. The lowest BCUT2D eigenvalue weighted by molar-refractivity contribution is 0.209. The maximum Gasteiger partial charge on any atom is 0.162 e. The fourth-order valence-electron chi connectivity index (χ4n) is 1.84. The van der Waals surface area contributed by atoms with Crippen LogP contribution in [0.2, 0.25) is 0 Å². The molecule has 2 heterocycles. The smallest absolute Gasteiger partial charge is 0.162 e. The van der Waals surface area contributed by atoms with E-state index in [4.69, 9.17) is 1.37 Å². The second kappa shape index (κ2) is 4.99. The summed E-state index contributed by atoms with van der Waals surface area (Å²) in [5.74, 6) is 0. The number of hydrogen-bond donors (Lipinski definition) is 1. The maximum absolute atomic E-state index is 9.56. The van der Waals surface area contributed by atoms with Crippen LogP contribution in [0, 0.1) is 0 Å². The molecule has 3 rings (SSSR count). The van der Waals surface area contributed by atoms with Gasteiger partial charge in [0.05, 0.1) is 7.06 Å². The van der Waals surface area contributed by atoms with Crippen molar-refractivity contribution in [2.45, 2.75) is 6.73 Å². The Morgan fingerprint density at radius 1 is 1.16 bits per heavy atom. The van der Waals surface area contributed by atoms with E-state index in [1.54, 1.807) is 12.1 Å². The number of aliphatic hydroxyl groups excluding tert-OH is 1. The summed E-state index contributed by atoms with van der Waals surface area (Å²) in [5.41, 5.74) is 2.40. The normalized spacial score (nSPS) is 12.7. The summed E-state index contributed by atoms with van der Waals surface area (Å²) in [6.45, 7) is -0.277.